The van der Waals surface area contributed by atoms with E-state index in [4.69, 9.17) is 14.2 Å². The van der Waals surface area contributed by atoms with Crippen molar-refractivity contribution in [1.29, 1.82) is 5.26 Å². The number of nitriles is 1. The highest BCUT2D eigenvalue weighted by molar-refractivity contribution is 7.59. The van der Waals surface area contributed by atoms with Gasteiger partial charge < -0.3 is 42.0 Å². The second kappa shape index (κ2) is 30.9. The molecule has 2 saturated heterocycles. The highest BCUT2D eigenvalue weighted by Gasteiger charge is 2.39. The molecule has 63 heavy (non-hydrogen) atoms. The Hall–Kier alpha value is -4.14. The fourth-order valence-corrected chi connectivity index (χ4v) is 7.40. The molecule has 344 valence electrons. The molecule has 0 bridgehead atoms. The molecule has 1 amide bonds. The van der Waals surface area contributed by atoms with Crippen molar-refractivity contribution in [2.75, 3.05) is 19.7 Å². The van der Waals surface area contributed by atoms with Crippen LogP contribution < -0.4 is 23.0 Å². The third kappa shape index (κ3) is 17.4. The fourth-order valence-electron chi connectivity index (χ4n) is 7.40. The number of esters is 2. The van der Waals surface area contributed by atoms with E-state index in [1.807, 2.05) is 104 Å². The number of carbonyl (C=O) groups excluding carboxylic acids is 4. The first-order valence-electron chi connectivity index (χ1n) is 20.2. The lowest BCUT2D eigenvalue weighted by molar-refractivity contribution is -0.659. The zero-order chi connectivity index (χ0) is 41.3. The molecule has 0 spiro atoms. The number of amides is 1. The van der Waals surface area contributed by atoms with Crippen molar-refractivity contribution >= 4 is 78.3 Å². The molecule has 2 fully saturated rings. The van der Waals surface area contributed by atoms with Crippen molar-refractivity contribution in [2.24, 2.45) is 5.92 Å². The Kier molecular flexibility index (Phi) is 28.8. The van der Waals surface area contributed by atoms with E-state index in [9.17, 15) is 24.4 Å². The summed E-state index contributed by atoms with van der Waals surface area (Å²) in [4.78, 5) is 48.6. The third-order valence-corrected chi connectivity index (χ3v) is 10.4. The predicted molar refractivity (Wildman–Crippen MR) is 262 cm³/mol. The summed E-state index contributed by atoms with van der Waals surface area (Å²) < 4.78 is 16.5. The van der Waals surface area contributed by atoms with Gasteiger partial charge in [-0.2, -0.15) is 59.2 Å². The van der Waals surface area contributed by atoms with E-state index >= 15 is 0 Å². The zero-order valence-electron chi connectivity index (χ0n) is 36.0. The van der Waals surface area contributed by atoms with E-state index in [-0.39, 0.29) is 109 Å². The third-order valence-electron chi connectivity index (χ3n) is 10.4. The molecule has 4 aromatic rings. The van der Waals surface area contributed by atoms with Gasteiger partial charge in [-0.25, -0.2) is 9.59 Å². The van der Waals surface area contributed by atoms with Crippen LogP contribution in [-0.4, -0.2) is 73.1 Å². The summed E-state index contributed by atoms with van der Waals surface area (Å²) >= 11 is 0. The zero-order valence-corrected chi connectivity index (χ0v) is 40.8. The van der Waals surface area contributed by atoms with Crippen molar-refractivity contribution < 1.29 is 51.1 Å². The maximum absolute atomic E-state index is 12.9. The van der Waals surface area contributed by atoms with E-state index in [0.717, 1.165) is 65.5 Å². The molecular formula is C47H63ClN4O7S4. The average molecular weight is 960 g/mol. The van der Waals surface area contributed by atoms with Crippen LogP contribution in [0.15, 0.2) is 109 Å². The van der Waals surface area contributed by atoms with E-state index in [1.54, 1.807) is 6.92 Å². The Morgan fingerprint density at radius 1 is 0.746 bits per heavy atom. The van der Waals surface area contributed by atoms with Crippen LogP contribution in [0.5, 0.6) is 0 Å². The van der Waals surface area contributed by atoms with E-state index < -0.39 is 24.2 Å². The maximum Gasteiger partial charge on any atom is 0.407 e. The van der Waals surface area contributed by atoms with Crippen molar-refractivity contribution in [2.45, 2.75) is 89.8 Å². The number of nitrogens with zero attached hydrogens (tertiary/aromatic N) is 2. The summed E-state index contributed by atoms with van der Waals surface area (Å²) in [6.07, 6.45) is 3.80. The SMILES string of the molecule is CC(C)C=O.C[C@H](NC(=O)OCC1c2ccccc2-c2ccccc21)C(C#N)N1CCC[C@H]1C(=O)OCc1ccccc1.O=C(OCc1ccccc1)[C@@H]1CCC[NH2+]1.S.S.S.S.[Cl-]. The summed E-state index contributed by atoms with van der Waals surface area (Å²) in [5.74, 6) is -0.260. The van der Waals surface area contributed by atoms with Gasteiger partial charge in [0.2, 0.25) is 0 Å². The number of benzene rings is 4. The van der Waals surface area contributed by atoms with Gasteiger partial charge in [-0.15, -0.1) is 0 Å². The summed E-state index contributed by atoms with van der Waals surface area (Å²) in [5.41, 5.74) is 6.55. The Labute approximate surface area is 406 Å². The quantitative estimate of drug-likeness (QED) is 0.123. The first kappa shape index (κ1) is 58.9. The highest BCUT2D eigenvalue weighted by Crippen LogP contribution is 2.44. The van der Waals surface area contributed by atoms with E-state index in [0.29, 0.717) is 19.6 Å². The number of rotatable bonds is 12. The van der Waals surface area contributed by atoms with E-state index in [1.165, 1.54) is 0 Å². The molecule has 7 rings (SSSR count). The molecule has 3 aliphatic rings. The number of aldehydes is 1. The Balaban J connectivity index is 0.00000129. The van der Waals surface area contributed by atoms with Crippen LogP contribution >= 0.6 is 54.0 Å². The largest absolute Gasteiger partial charge is 1.00 e. The van der Waals surface area contributed by atoms with Crippen LogP contribution in [0.2, 0.25) is 0 Å². The van der Waals surface area contributed by atoms with E-state index in [2.05, 4.69) is 41.0 Å². The number of ether oxygens (including phenoxy) is 3. The first-order chi connectivity index (χ1) is 28.2. The number of quaternary nitrogens is 1. The average Bonchev–Trinajstić information content (AvgIpc) is 4.04. The van der Waals surface area contributed by atoms with Crippen molar-refractivity contribution in [1.82, 2.24) is 10.2 Å². The van der Waals surface area contributed by atoms with Gasteiger partial charge in [-0.05, 0) is 53.1 Å². The molecule has 1 unspecified atom stereocenters. The number of nitrogens with two attached hydrogens (primary N) is 1. The first-order valence-corrected chi connectivity index (χ1v) is 20.2. The minimum absolute atomic E-state index is 0. The van der Waals surface area contributed by atoms with Crippen LogP contribution in [-0.2, 0) is 41.8 Å². The molecule has 11 nitrogen and oxygen atoms in total. The lowest BCUT2D eigenvalue weighted by atomic mass is 9.98. The smallest absolute Gasteiger partial charge is 0.407 e. The van der Waals surface area contributed by atoms with Gasteiger partial charge in [0.15, 0.2) is 6.04 Å². The topological polar surface area (TPSA) is 152 Å². The fraction of sp³-hybridized carbons (Fsp3) is 0.383. The summed E-state index contributed by atoms with van der Waals surface area (Å²) in [6.45, 7) is 7.88. The number of alkyl carbamates (subject to hydrolysis) is 1. The van der Waals surface area contributed by atoms with Gasteiger partial charge in [0, 0.05) is 31.2 Å². The molecule has 3 N–H and O–H groups in total. The Bertz CT molecular complexity index is 1960. The van der Waals surface area contributed by atoms with Crippen LogP contribution in [0.25, 0.3) is 11.1 Å². The highest BCUT2D eigenvalue weighted by atomic mass is 35.5. The number of nitrogens with one attached hydrogen (secondary N) is 1. The monoisotopic (exact) mass is 958 g/mol. The van der Waals surface area contributed by atoms with Gasteiger partial charge >= 0.3 is 18.0 Å². The molecule has 4 atom stereocenters. The number of likely N-dealkylation sites (tertiary alicyclic amines) is 1. The molecule has 16 heteroatoms. The van der Waals surface area contributed by atoms with Crippen LogP contribution in [0.4, 0.5) is 4.79 Å². The number of fused-ring (bicyclic) bond motifs is 3. The number of hydrogen-bond donors (Lipinski definition) is 2. The van der Waals surface area contributed by atoms with Gasteiger partial charge in [-0.3, -0.25) is 9.69 Å². The van der Waals surface area contributed by atoms with Crippen molar-refractivity contribution in [3.8, 4) is 17.2 Å². The molecule has 1 aliphatic carbocycles. The number of hydrogen-bond acceptors (Lipinski definition) is 9. The lowest BCUT2D eigenvalue weighted by Gasteiger charge is -2.31. The van der Waals surface area contributed by atoms with Crippen LogP contribution in [0.3, 0.4) is 0 Å². The molecule has 0 radical (unpaired) electrons. The molecule has 4 aromatic carbocycles. The Morgan fingerprint density at radius 2 is 1.24 bits per heavy atom. The standard InChI is InChI=1S/C31H31N3O4.C12H15NO2.C4H8O.ClH.4H2S/c1-21(29(18-32)34-17-9-16-28(34)30(35)37-19-22-10-3-2-4-11-22)33-31(36)38-20-27-25-14-7-5-12-23(25)24-13-6-8-15-26(24)27;14-12(11-7-4-8-13-11)15-9-10-5-2-1-3-6-10;1-4(2)3-5;;;;;/h2-8,10-15,21,27-29H,9,16-17,19-20H2,1H3,(H,33,36);1-3,5-6,11,13H,4,7-9H2;3-4H,1-2H3;1H;4*1H2/t21-,28-,29?;11-;;;;;;/m00....../s1. The maximum atomic E-state index is 12.9. The Morgan fingerprint density at radius 3 is 1.71 bits per heavy atom. The number of halogens is 1. The van der Waals surface area contributed by atoms with Gasteiger partial charge in [0.05, 0.1) is 18.7 Å². The second-order valence-electron chi connectivity index (χ2n) is 15.1. The summed E-state index contributed by atoms with van der Waals surface area (Å²) in [5, 5.41) is 14.8. The minimum atomic E-state index is -0.688. The van der Waals surface area contributed by atoms with Crippen molar-refractivity contribution in [3.05, 3.63) is 131 Å². The molecular weight excluding hydrogens is 896 g/mol. The molecule has 0 saturated carbocycles. The minimum Gasteiger partial charge on any atom is -1.00 e. The molecule has 0 aromatic heterocycles. The molecule has 2 aliphatic heterocycles. The molecule has 2 heterocycles. The number of carbonyl (C=O) groups is 4. The van der Waals surface area contributed by atoms with Gasteiger partial charge in [0.25, 0.3) is 0 Å². The summed E-state index contributed by atoms with van der Waals surface area (Å²) in [6, 6.07) is 36.2. The lowest BCUT2D eigenvalue weighted by Crippen LogP contribution is -3.00. The summed E-state index contributed by atoms with van der Waals surface area (Å²) in [7, 11) is 0. The second-order valence-corrected chi connectivity index (χ2v) is 15.1. The van der Waals surface area contributed by atoms with Gasteiger partial charge in [0.1, 0.15) is 38.2 Å². The predicted octanol–water partition coefficient (Wildman–Crippen LogP) is 3.77. The van der Waals surface area contributed by atoms with Crippen molar-refractivity contribution in [3.63, 3.8) is 0 Å². The van der Waals surface area contributed by atoms with Gasteiger partial charge in [-0.1, -0.05) is 123 Å². The normalized spacial score (nSPS) is 16.4. The van der Waals surface area contributed by atoms with Crippen LogP contribution in [0, 0.1) is 17.2 Å². The van der Waals surface area contributed by atoms with Crippen LogP contribution in [0.1, 0.15) is 74.6 Å².